The molecule has 3 aromatic rings. The van der Waals surface area contributed by atoms with E-state index < -0.39 is 0 Å². The average molecular weight is 305 g/mol. The van der Waals surface area contributed by atoms with E-state index >= 15 is 0 Å². The quantitative estimate of drug-likeness (QED) is 0.590. The summed E-state index contributed by atoms with van der Waals surface area (Å²) in [6.07, 6.45) is 6.91. The molecule has 1 N–H and O–H groups in total. The molecule has 0 aliphatic carbocycles. The van der Waals surface area contributed by atoms with Crippen LogP contribution in [0, 0.1) is 18.3 Å². The number of allylic oxidation sites excluding steroid dienone is 2. The first-order valence-electron chi connectivity index (χ1n) is 8.20. The van der Waals surface area contributed by atoms with Crippen LogP contribution >= 0.6 is 0 Å². The van der Waals surface area contributed by atoms with Crippen LogP contribution in [0.25, 0.3) is 21.9 Å². The minimum Gasteiger partial charge on any atom is -0.455 e. The molecule has 0 amide bonds. The van der Waals surface area contributed by atoms with E-state index in [2.05, 4.69) is 51.1 Å². The molecule has 118 valence electrons. The summed E-state index contributed by atoms with van der Waals surface area (Å²) >= 11 is 0. The van der Waals surface area contributed by atoms with Crippen molar-refractivity contribution in [3.8, 4) is 0 Å². The molecule has 0 saturated heterocycles. The highest BCUT2D eigenvalue weighted by molar-refractivity contribution is 6.07. The summed E-state index contributed by atoms with van der Waals surface area (Å²) in [4.78, 5) is 0. The molecule has 2 nitrogen and oxygen atoms in total. The topological polar surface area (TPSA) is 37.0 Å². The predicted octanol–water partition coefficient (Wildman–Crippen LogP) is 5.84. The monoisotopic (exact) mass is 305 g/mol. The lowest BCUT2D eigenvalue weighted by molar-refractivity contribution is 0.622. The molecule has 1 aromatic heterocycles. The van der Waals surface area contributed by atoms with E-state index in [4.69, 9.17) is 9.83 Å². The van der Waals surface area contributed by atoms with Crippen molar-refractivity contribution in [3.63, 3.8) is 0 Å². The Hall–Kier alpha value is -2.35. The first-order chi connectivity index (χ1) is 11.1. The molecular weight excluding hydrogens is 282 g/mol. The molecule has 2 aromatic carbocycles. The smallest absolute Gasteiger partial charge is 0.139 e. The van der Waals surface area contributed by atoms with Crippen LogP contribution in [-0.2, 0) is 12.8 Å². The first kappa shape index (κ1) is 15.5. The van der Waals surface area contributed by atoms with Gasteiger partial charge in [0.2, 0.25) is 0 Å². The van der Waals surface area contributed by atoms with Gasteiger partial charge in [0.15, 0.2) is 0 Å². The predicted molar refractivity (Wildman–Crippen MR) is 98.6 cm³/mol. The summed E-state index contributed by atoms with van der Waals surface area (Å²) in [7, 11) is 0. The highest BCUT2D eigenvalue weighted by Gasteiger charge is 2.15. The Labute approximate surface area is 137 Å². The lowest BCUT2D eigenvalue weighted by Gasteiger charge is -2.04. The van der Waals surface area contributed by atoms with Gasteiger partial charge in [0, 0.05) is 22.6 Å². The van der Waals surface area contributed by atoms with Crippen molar-refractivity contribution in [2.45, 2.75) is 33.6 Å². The molecule has 0 radical (unpaired) electrons. The number of rotatable bonds is 5. The summed E-state index contributed by atoms with van der Waals surface area (Å²) < 4.78 is 6.34. The van der Waals surface area contributed by atoms with E-state index in [9.17, 15) is 0 Å². The number of hydrogen-bond donors (Lipinski definition) is 1. The Balaban J connectivity index is 2.23. The molecule has 0 bridgehead atoms. The average Bonchev–Trinajstić information content (AvgIpc) is 2.89. The fourth-order valence-corrected chi connectivity index (χ4v) is 3.18. The van der Waals surface area contributed by atoms with Crippen molar-refractivity contribution in [1.82, 2.24) is 0 Å². The zero-order chi connectivity index (χ0) is 16.4. The third kappa shape index (κ3) is 2.94. The summed E-state index contributed by atoms with van der Waals surface area (Å²) in [5.41, 5.74) is 5.75. The van der Waals surface area contributed by atoms with Gasteiger partial charge in [0.05, 0.1) is 0 Å². The second kappa shape index (κ2) is 6.41. The van der Waals surface area contributed by atoms with Gasteiger partial charge >= 0.3 is 0 Å². The van der Waals surface area contributed by atoms with Gasteiger partial charge in [-0.3, -0.25) is 0 Å². The minimum atomic E-state index is 0.602. The molecule has 0 saturated carbocycles. The van der Waals surface area contributed by atoms with E-state index in [1.807, 2.05) is 6.08 Å². The second-order valence-corrected chi connectivity index (χ2v) is 6.53. The summed E-state index contributed by atoms with van der Waals surface area (Å²) in [5, 5.41) is 9.52. The molecule has 0 fully saturated rings. The lowest BCUT2D eigenvalue weighted by Crippen LogP contribution is -1.93. The van der Waals surface area contributed by atoms with Crippen LogP contribution in [0.4, 0.5) is 0 Å². The Kier molecular flexibility index (Phi) is 4.33. The zero-order valence-corrected chi connectivity index (χ0v) is 14.0. The fourth-order valence-electron chi connectivity index (χ4n) is 3.18. The summed E-state index contributed by atoms with van der Waals surface area (Å²) in [6, 6.07) is 10.8. The van der Waals surface area contributed by atoms with Crippen LogP contribution in [0.15, 0.2) is 46.9 Å². The SMILES string of the molecule is Cc1ccc2c(oc3c(CC(C)C)cccc32)c1C/C=C\C=N. The Morgan fingerprint density at radius 2 is 1.87 bits per heavy atom. The van der Waals surface area contributed by atoms with Crippen molar-refractivity contribution in [2.75, 3.05) is 0 Å². The van der Waals surface area contributed by atoms with E-state index in [1.165, 1.54) is 33.7 Å². The largest absolute Gasteiger partial charge is 0.455 e. The molecule has 23 heavy (non-hydrogen) atoms. The summed E-state index contributed by atoms with van der Waals surface area (Å²) in [6.45, 7) is 6.59. The number of nitrogens with one attached hydrogen (secondary N) is 1. The third-order valence-corrected chi connectivity index (χ3v) is 4.27. The van der Waals surface area contributed by atoms with E-state index in [1.54, 1.807) is 6.08 Å². The van der Waals surface area contributed by atoms with Crippen molar-refractivity contribution in [2.24, 2.45) is 5.92 Å². The third-order valence-electron chi connectivity index (χ3n) is 4.27. The maximum Gasteiger partial charge on any atom is 0.139 e. The molecule has 0 spiro atoms. The van der Waals surface area contributed by atoms with Crippen molar-refractivity contribution < 1.29 is 4.42 Å². The van der Waals surface area contributed by atoms with Gasteiger partial charge in [-0.05, 0) is 42.9 Å². The van der Waals surface area contributed by atoms with Crippen molar-refractivity contribution in [3.05, 3.63) is 59.2 Å². The van der Waals surface area contributed by atoms with Gasteiger partial charge in [-0.15, -0.1) is 0 Å². The Morgan fingerprint density at radius 3 is 2.61 bits per heavy atom. The standard InChI is InChI=1S/C21H23NO/c1-14(2)13-16-7-6-9-18-19-11-10-15(3)17(8-4-5-12-22)21(19)23-20(16)18/h4-7,9-12,14,22H,8,13H2,1-3H3/b5-4-,22-12?. The maximum absolute atomic E-state index is 7.13. The number of benzene rings is 2. The highest BCUT2D eigenvalue weighted by atomic mass is 16.3. The Bertz CT molecular complexity index is 884. The van der Waals surface area contributed by atoms with Crippen LogP contribution in [0.5, 0.6) is 0 Å². The van der Waals surface area contributed by atoms with Gasteiger partial charge in [0.25, 0.3) is 0 Å². The van der Waals surface area contributed by atoms with Crippen LogP contribution in [0.1, 0.15) is 30.5 Å². The van der Waals surface area contributed by atoms with Gasteiger partial charge < -0.3 is 9.83 Å². The zero-order valence-electron chi connectivity index (χ0n) is 14.0. The number of aryl methyl sites for hydroxylation is 1. The van der Waals surface area contributed by atoms with Gasteiger partial charge in [-0.2, -0.15) is 0 Å². The Morgan fingerprint density at radius 1 is 1.09 bits per heavy atom. The molecule has 0 unspecified atom stereocenters. The van der Waals surface area contributed by atoms with Crippen LogP contribution in [0.3, 0.4) is 0 Å². The molecule has 1 heterocycles. The molecule has 0 atom stereocenters. The maximum atomic E-state index is 7.13. The number of furan rings is 1. The number of fused-ring (bicyclic) bond motifs is 3. The van der Waals surface area contributed by atoms with E-state index in [0.29, 0.717) is 5.92 Å². The molecule has 0 aliphatic rings. The molecule has 2 heteroatoms. The van der Waals surface area contributed by atoms with Gasteiger partial charge in [0.1, 0.15) is 11.2 Å². The molecule has 3 rings (SSSR count). The fraction of sp³-hybridized carbons (Fsp3) is 0.286. The van der Waals surface area contributed by atoms with Crippen molar-refractivity contribution >= 4 is 28.2 Å². The number of para-hydroxylation sites is 1. The van der Waals surface area contributed by atoms with E-state index in [-0.39, 0.29) is 0 Å². The van der Waals surface area contributed by atoms with Crippen LogP contribution in [0.2, 0.25) is 0 Å². The minimum absolute atomic E-state index is 0.602. The number of hydrogen-bond acceptors (Lipinski definition) is 2. The molecular formula is C21H23NO. The molecule has 0 aliphatic heterocycles. The van der Waals surface area contributed by atoms with E-state index in [0.717, 1.165) is 24.0 Å². The van der Waals surface area contributed by atoms with Crippen LogP contribution < -0.4 is 0 Å². The van der Waals surface area contributed by atoms with Crippen molar-refractivity contribution in [1.29, 1.82) is 5.41 Å². The first-order valence-corrected chi connectivity index (χ1v) is 8.20. The normalized spacial score (nSPS) is 12.0. The van der Waals surface area contributed by atoms with Crippen LogP contribution in [-0.4, -0.2) is 6.21 Å². The lowest BCUT2D eigenvalue weighted by atomic mass is 9.99. The second-order valence-electron chi connectivity index (χ2n) is 6.53. The van der Waals surface area contributed by atoms with Gasteiger partial charge in [-0.1, -0.05) is 50.3 Å². The van der Waals surface area contributed by atoms with Gasteiger partial charge in [-0.25, -0.2) is 0 Å². The highest BCUT2D eigenvalue weighted by Crippen LogP contribution is 2.35. The summed E-state index contributed by atoms with van der Waals surface area (Å²) in [5.74, 6) is 0.602.